The van der Waals surface area contributed by atoms with Crippen LogP contribution in [-0.2, 0) is 0 Å². The summed E-state index contributed by atoms with van der Waals surface area (Å²) >= 11 is 0. The predicted octanol–water partition coefficient (Wildman–Crippen LogP) is 2.64. The number of hydrogen-bond donors (Lipinski definition) is 1. The molecular weight excluding hydrogens is 172 g/mol. The summed E-state index contributed by atoms with van der Waals surface area (Å²) in [5, 5.41) is 0. The van der Waals surface area contributed by atoms with Crippen LogP contribution in [0, 0.1) is 6.92 Å². The average Bonchev–Trinajstić information content (AvgIpc) is 2.23. The Morgan fingerprint density at radius 1 is 1.00 bits per heavy atom. The largest absolute Gasteiger partial charge is 0.399 e. The van der Waals surface area contributed by atoms with E-state index in [0.29, 0.717) is 0 Å². The van der Waals surface area contributed by atoms with Crippen molar-refractivity contribution < 1.29 is 0 Å². The highest BCUT2D eigenvalue weighted by molar-refractivity contribution is 5.67. The number of aryl methyl sites for hydroxylation is 1. The van der Waals surface area contributed by atoms with Gasteiger partial charge in [-0.1, -0.05) is 6.07 Å². The number of aromatic nitrogens is 1. The normalized spacial score (nSPS) is 10.1. The Balaban J connectivity index is 2.48. The molecular formula is C12H12N2. The highest BCUT2D eigenvalue weighted by atomic mass is 14.6. The van der Waals surface area contributed by atoms with Gasteiger partial charge in [0.15, 0.2) is 0 Å². The van der Waals surface area contributed by atoms with Crippen molar-refractivity contribution in [3.05, 3.63) is 48.3 Å². The van der Waals surface area contributed by atoms with Crippen LogP contribution in [0.3, 0.4) is 0 Å². The second-order valence-corrected chi connectivity index (χ2v) is 3.31. The van der Waals surface area contributed by atoms with Crippen molar-refractivity contribution in [2.75, 3.05) is 5.73 Å². The summed E-state index contributed by atoms with van der Waals surface area (Å²) in [6.45, 7) is 2.01. The van der Waals surface area contributed by atoms with Crippen LogP contribution in [0.5, 0.6) is 0 Å². The topological polar surface area (TPSA) is 38.9 Å². The summed E-state index contributed by atoms with van der Waals surface area (Å²) in [6, 6.07) is 10.0. The van der Waals surface area contributed by atoms with Gasteiger partial charge in [-0.2, -0.15) is 0 Å². The van der Waals surface area contributed by atoms with Gasteiger partial charge in [-0.25, -0.2) is 0 Å². The van der Waals surface area contributed by atoms with Gasteiger partial charge in [-0.15, -0.1) is 0 Å². The molecule has 2 heteroatoms. The van der Waals surface area contributed by atoms with Crippen LogP contribution >= 0.6 is 0 Å². The van der Waals surface area contributed by atoms with Crippen LogP contribution in [0.25, 0.3) is 11.1 Å². The molecule has 0 saturated carbocycles. The van der Waals surface area contributed by atoms with Crippen molar-refractivity contribution in [2.45, 2.75) is 6.92 Å². The summed E-state index contributed by atoms with van der Waals surface area (Å²) < 4.78 is 0. The van der Waals surface area contributed by atoms with Gasteiger partial charge >= 0.3 is 0 Å². The summed E-state index contributed by atoms with van der Waals surface area (Å²) in [6.07, 6.45) is 3.59. The van der Waals surface area contributed by atoms with E-state index in [2.05, 4.69) is 11.1 Å². The van der Waals surface area contributed by atoms with Crippen molar-refractivity contribution in [3.63, 3.8) is 0 Å². The molecule has 0 atom stereocenters. The zero-order valence-corrected chi connectivity index (χ0v) is 8.07. The molecule has 1 heterocycles. The Bertz CT molecular complexity index is 435. The molecule has 1 aromatic carbocycles. The van der Waals surface area contributed by atoms with Crippen molar-refractivity contribution in [2.24, 2.45) is 0 Å². The molecule has 2 rings (SSSR count). The van der Waals surface area contributed by atoms with E-state index in [0.717, 1.165) is 11.3 Å². The van der Waals surface area contributed by atoms with E-state index in [1.807, 2.05) is 31.2 Å². The molecule has 1 aromatic heterocycles. The van der Waals surface area contributed by atoms with Crippen LogP contribution in [0.1, 0.15) is 5.56 Å². The molecule has 2 nitrogen and oxygen atoms in total. The number of nitrogens with zero attached hydrogens (tertiary/aromatic N) is 1. The fraction of sp³-hybridized carbons (Fsp3) is 0.0833. The lowest BCUT2D eigenvalue weighted by Crippen LogP contribution is -1.89. The van der Waals surface area contributed by atoms with Crippen LogP contribution < -0.4 is 5.73 Å². The second-order valence-electron chi connectivity index (χ2n) is 3.31. The van der Waals surface area contributed by atoms with Crippen molar-refractivity contribution >= 4 is 5.69 Å². The average molecular weight is 184 g/mol. The van der Waals surface area contributed by atoms with Gasteiger partial charge in [-0.05, 0) is 47.9 Å². The Kier molecular flexibility index (Phi) is 2.19. The quantitative estimate of drug-likeness (QED) is 0.692. The minimum Gasteiger partial charge on any atom is -0.399 e. The second kappa shape index (κ2) is 3.50. The number of nitrogen functional groups attached to an aromatic ring is 1. The minimum atomic E-state index is 0.836. The van der Waals surface area contributed by atoms with E-state index >= 15 is 0 Å². The van der Waals surface area contributed by atoms with E-state index in [4.69, 9.17) is 5.73 Å². The molecule has 0 saturated heterocycles. The molecule has 0 aliphatic heterocycles. The smallest absolute Gasteiger partial charge is 0.0344 e. The Morgan fingerprint density at radius 3 is 2.36 bits per heavy atom. The summed E-state index contributed by atoms with van der Waals surface area (Å²) in [7, 11) is 0. The first-order valence-electron chi connectivity index (χ1n) is 4.54. The number of rotatable bonds is 1. The third-order valence-electron chi connectivity index (χ3n) is 2.28. The van der Waals surface area contributed by atoms with Crippen molar-refractivity contribution in [1.82, 2.24) is 4.98 Å². The lowest BCUT2D eigenvalue weighted by atomic mass is 10.0. The molecule has 2 aromatic rings. The maximum Gasteiger partial charge on any atom is 0.0344 e. The summed E-state index contributed by atoms with van der Waals surface area (Å²) in [5.74, 6) is 0. The Labute approximate surface area is 83.4 Å². The van der Waals surface area contributed by atoms with Crippen LogP contribution in [0.4, 0.5) is 5.69 Å². The Morgan fingerprint density at radius 2 is 1.71 bits per heavy atom. The molecule has 0 bridgehead atoms. The lowest BCUT2D eigenvalue weighted by Gasteiger charge is -2.04. The van der Waals surface area contributed by atoms with Crippen LogP contribution in [0.15, 0.2) is 42.7 Å². The first-order valence-corrected chi connectivity index (χ1v) is 4.54. The molecule has 70 valence electrons. The number of anilines is 1. The number of pyridine rings is 1. The molecule has 0 radical (unpaired) electrons. The predicted molar refractivity (Wildman–Crippen MR) is 58.8 cm³/mol. The van der Waals surface area contributed by atoms with Crippen molar-refractivity contribution in [1.29, 1.82) is 0 Å². The van der Waals surface area contributed by atoms with E-state index in [1.165, 1.54) is 11.1 Å². The van der Waals surface area contributed by atoms with Gasteiger partial charge in [0.05, 0.1) is 0 Å². The number of hydrogen-bond acceptors (Lipinski definition) is 2. The number of nitrogens with two attached hydrogens (primary N) is 1. The van der Waals surface area contributed by atoms with E-state index in [9.17, 15) is 0 Å². The highest BCUT2D eigenvalue weighted by Crippen LogP contribution is 2.22. The molecule has 0 unspecified atom stereocenters. The SMILES string of the molecule is Cc1cc(-c2ccncc2)ccc1N. The first-order chi connectivity index (χ1) is 6.77. The maximum atomic E-state index is 5.75. The van der Waals surface area contributed by atoms with Crippen LogP contribution in [-0.4, -0.2) is 4.98 Å². The van der Waals surface area contributed by atoms with Gasteiger partial charge in [0, 0.05) is 18.1 Å². The van der Waals surface area contributed by atoms with Gasteiger partial charge in [0.25, 0.3) is 0 Å². The standard InChI is InChI=1S/C12H12N2/c1-9-8-11(2-3-12(9)13)10-4-6-14-7-5-10/h2-8H,13H2,1H3. The fourth-order valence-corrected chi connectivity index (χ4v) is 1.40. The van der Waals surface area contributed by atoms with Gasteiger partial charge in [0.1, 0.15) is 0 Å². The molecule has 14 heavy (non-hydrogen) atoms. The van der Waals surface area contributed by atoms with E-state index in [1.54, 1.807) is 12.4 Å². The van der Waals surface area contributed by atoms with Gasteiger partial charge in [-0.3, -0.25) is 4.98 Å². The monoisotopic (exact) mass is 184 g/mol. The minimum absolute atomic E-state index is 0.836. The van der Waals surface area contributed by atoms with E-state index in [-0.39, 0.29) is 0 Å². The fourth-order valence-electron chi connectivity index (χ4n) is 1.40. The molecule has 0 spiro atoms. The lowest BCUT2D eigenvalue weighted by molar-refractivity contribution is 1.33. The molecule has 0 aliphatic carbocycles. The Hall–Kier alpha value is -1.83. The zero-order valence-electron chi connectivity index (χ0n) is 8.07. The van der Waals surface area contributed by atoms with Crippen molar-refractivity contribution in [3.8, 4) is 11.1 Å². The maximum absolute atomic E-state index is 5.75. The summed E-state index contributed by atoms with van der Waals surface area (Å²) in [4.78, 5) is 3.99. The van der Waals surface area contributed by atoms with Crippen LogP contribution in [0.2, 0.25) is 0 Å². The van der Waals surface area contributed by atoms with Gasteiger partial charge in [0.2, 0.25) is 0 Å². The summed E-state index contributed by atoms with van der Waals surface area (Å²) in [5.41, 5.74) is 10.1. The number of benzene rings is 1. The molecule has 0 fully saturated rings. The highest BCUT2D eigenvalue weighted by Gasteiger charge is 1.98. The molecule has 2 N–H and O–H groups in total. The van der Waals surface area contributed by atoms with Gasteiger partial charge < -0.3 is 5.73 Å². The zero-order chi connectivity index (χ0) is 9.97. The molecule has 0 amide bonds. The third-order valence-corrected chi connectivity index (χ3v) is 2.28. The molecule has 0 aliphatic rings. The first kappa shape index (κ1) is 8.75. The van der Waals surface area contributed by atoms with E-state index < -0.39 is 0 Å². The third kappa shape index (κ3) is 1.59.